The summed E-state index contributed by atoms with van der Waals surface area (Å²) in [6, 6.07) is 14.4. The molecule has 1 aromatic heterocycles. The third kappa shape index (κ3) is 4.95. The zero-order valence-electron chi connectivity index (χ0n) is 17.8. The second kappa shape index (κ2) is 9.06. The number of anilines is 1. The molecule has 0 radical (unpaired) electrons. The lowest BCUT2D eigenvalue weighted by atomic mass is 10.1. The number of nitrogens with one attached hydrogen (secondary N) is 1. The average Bonchev–Trinajstić information content (AvgIpc) is 2.71. The van der Waals surface area contributed by atoms with E-state index in [2.05, 4.69) is 5.32 Å². The van der Waals surface area contributed by atoms with E-state index < -0.39 is 4.92 Å². The van der Waals surface area contributed by atoms with Crippen molar-refractivity contribution in [3.63, 3.8) is 0 Å². The fourth-order valence-electron chi connectivity index (χ4n) is 3.22. The molecule has 0 amide bonds. The van der Waals surface area contributed by atoms with E-state index in [9.17, 15) is 15.2 Å². The molecule has 1 heterocycles. The number of nitro benzene ring substituents is 1. The molecule has 0 spiro atoms. The Labute approximate surface area is 186 Å². The SMILES string of the molecule is Cc1ccc(C)c(NC(=S)/C(=C(\O)c2ccc(C)c([N+](=O)[O-])c2)[n+]2cccc(C)c2)c1. The van der Waals surface area contributed by atoms with Crippen LogP contribution in [0.15, 0.2) is 60.9 Å². The molecular formula is C24H24N3O3S+. The normalized spacial score (nSPS) is 11.6. The van der Waals surface area contributed by atoms with Gasteiger partial charge in [-0.3, -0.25) is 10.1 Å². The number of aliphatic hydroxyl groups excluding tert-OH is 1. The quantitative estimate of drug-likeness (QED) is 0.140. The molecule has 0 saturated heterocycles. The van der Waals surface area contributed by atoms with E-state index in [1.54, 1.807) is 29.8 Å². The minimum Gasteiger partial charge on any atom is -0.502 e. The molecule has 0 saturated carbocycles. The maximum absolute atomic E-state index is 11.4. The number of nitro groups is 1. The van der Waals surface area contributed by atoms with Crippen molar-refractivity contribution in [3.8, 4) is 0 Å². The van der Waals surface area contributed by atoms with Crippen LogP contribution in [0.5, 0.6) is 0 Å². The summed E-state index contributed by atoms with van der Waals surface area (Å²) < 4.78 is 1.72. The van der Waals surface area contributed by atoms with Crippen LogP contribution < -0.4 is 9.88 Å². The highest BCUT2D eigenvalue weighted by atomic mass is 32.1. The molecule has 0 atom stereocenters. The molecule has 31 heavy (non-hydrogen) atoms. The van der Waals surface area contributed by atoms with E-state index in [0.717, 1.165) is 22.4 Å². The predicted molar refractivity (Wildman–Crippen MR) is 127 cm³/mol. The highest BCUT2D eigenvalue weighted by Gasteiger charge is 2.26. The molecule has 2 aromatic carbocycles. The Bertz CT molecular complexity index is 1220. The van der Waals surface area contributed by atoms with Crippen molar-refractivity contribution in [2.75, 3.05) is 5.32 Å². The topological polar surface area (TPSA) is 79.3 Å². The Kier molecular flexibility index (Phi) is 6.46. The van der Waals surface area contributed by atoms with Crippen molar-refractivity contribution < 1.29 is 14.6 Å². The Balaban J connectivity index is 2.17. The Morgan fingerprint density at radius 1 is 1.03 bits per heavy atom. The maximum atomic E-state index is 11.4. The number of hydrogen-bond donors (Lipinski definition) is 2. The molecule has 0 fully saturated rings. The number of nitrogens with zero attached hydrogens (tertiary/aromatic N) is 2. The Hall–Kier alpha value is -3.58. The van der Waals surface area contributed by atoms with Gasteiger partial charge in [0.25, 0.3) is 11.4 Å². The third-order valence-electron chi connectivity index (χ3n) is 4.97. The monoisotopic (exact) mass is 434 g/mol. The molecule has 0 unspecified atom stereocenters. The highest BCUT2D eigenvalue weighted by Crippen LogP contribution is 2.26. The van der Waals surface area contributed by atoms with Gasteiger partial charge >= 0.3 is 0 Å². The minimum absolute atomic E-state index is 0.0638. The average molecular weight is 435 g/mol. The van der Waals surface area contributed by atoms with E-state index in [0.29, 0.717) is 21.8 Å². The summed E-state index contributed by atoms with van der Waals surface area (Å²) in [5.74, 6) is -0.151. The third-order valence-corrected chi connectivity index (χ3v) is 5.26. The molecular weight excluding hydrogens is 410 g/mol. The number of aryl methyl sites for hydroxylation is 4. The van der Waals surface area contributed by atoms with Crippen LogP contribution in [0.4, 0.5) is 11.4 Å². The number of aliphatic hydroxyl groups is 1. The first-order valence-electron chi connectivity index (χ1n) is 9.73. The molecule has 3 aromatic rings. The molecule has 0 aliphatic rings. The second-order valence-corrected chi connectivity index (χ2v) is 7.92. The smallest absolute Gasteiger partial charge is 0.288 e. The summed E-state index contributed by atoms with van der Waals surface area (Å²) in [7, 11) is 0. The summed E-state index contributed by atoms with van der Waals surface area (Å²) >= 11 is 5.69. The molecule has 0 aliphatic heterocycles. The second-order valence-electron chi connectivity index (χ2n) is 7.52. The fourth-order valence-corrected chi connectivity index (χ4v) is 3.53. The lowest BCUT2D eigenvalue weighted by Crippen LogP contribution is -2.38. The van der Waals surface area contributed by atoms with Gasteiger partial charge in [-0.25, -0.2) is 0 Å². The largest absolute Gasteiger partial charge is 0.502 e. The van der Waals surface area contributed by atoms with Gasteiger partial charge in [0.2, 0.25) is 0 Å². The number of thiocarbonyl (C=S) groups is 1. The molecule has 0 aliphatic carbocycles. The number of rotatable bonds is 5. The van der Waals surface area contributed by atoms with Crippen molar-refractivity contribution in [1.29, 1.82) is 0 Å². The molecule has 0 bridgehead atoms. The van der Waals surface area contributed by atoms with Crippen LogP contribution in [0.1, 0.15) is 27.8 Å². The van der Waals surface area contributed by atoms with Gasteiger partial charge in [0.15, 0.2) is 23.1 Å². The van der Waals surface area contributed by atoms with E-state index in [4.69, 9.17) is 12.2 Å². The highest BCUT2D eigenvalue weighted by molar-refractivity contribution is 7.81. The summed E-state index contributed by atoms with van der Waals surface area (Å²) in [6.45, 7) is 7.55. The van der Waals surface area contributed by atoms with Crippen LogP contribution >= 0.6 is 12.2 Å². The summed E-state index contributed by atoms with van der Waals surface area (Å²) in [5.41, 5.74) is 4.98. The summed E-state index contributed by atoms with van der Waals surface area (Å²) in [4.78, 5) is 11.2. The predicted octanol–water partition coefficient (Wildman–Crippen LogP) is 5.44. The van der Waals surface area contributed by atoms with Crippen molar-refractivity contribution in [2.24, 2.45) is 0 Å². The zero-order chi connectivity index (χ0) is 22.7. The summed E-state index contributed by atoms with van der Waals surface area (Å²) in [6.07, 6.45) is 3.61. The molecule has 158 valence electrons. The number of aromatic nitrogens is 1. The molecule has 7 heteroatoms. The van der Waals surface area contributed by atoms with Gasteiger partial charge in [-0.2, -0.15) is 4.57 Å². The first kappa shape index (κ1) is 22.1. The van der Waals surface area contributed by atoms with Crippen LogP contribution in [-0.4, -0.2) is 15.0 Å². The van der Waals surface area contributed by atoms with Gasteiger partial charge in [0.05, 0.1) is 4.92 Å². The maximum Gasteiger partial charge on any atom is 0.288 e. The molecule has 6 nitrogen and oxygen atoms in total. The van der Waals surface area contributed by atoms with Crippen LogP contribution in [0.25, 0.3) is 11.5 Å². The van der Waals surface area contributed by atoms with Crippen molar-refractivity contribution in [3.05, 3.63) is 98.9 Å². The van der Waals surface area contributed by atoms with Gasteiger partial charge in [-0.15, -0.1) is 0 Å². The Morgan fingerprint density at radius 3 is 2.42 bits per heavy atom. The zero-order valence-corrected chi connectivity index (χ0v) is 18.7. The van der Waals surface area contributed by atoms with Crippen LogP contribution in [0, 0.1) is 37.8 Å². The van der Waals surface area contributed by atoms with Gasteiger partial charge < -0.3 is 10.4 Å². The minimum atomic E-state index is -0.460. The lowest BCUT2D eigenvalue weighted by Gasteiger charge is -2.13. The summed E-state index contributed by atoms with van der Waals surface area (Å²) in [5, 5.41) is 25.8. The number of pyridine rings is 1. The van der Waals surface area contributed by atoms with Crippen molar-refractivity contribution in [2.45, 2.75) is 27.7 Å². The van der Waals surface area contributed by atoms with Gasteiger partial charge in [0, 0.05) is 34.5 Å². The first-order valence-corrected chi connectivity index (χ1v) is 10.1. The first-order chi connectivity index (χ1) is 14.7. The number of hydrogen-bond acceptors (Lipinski definition) is 4. The number of benzene rings is 2. The van der Waals surface area contributed by atoms with E-state index >= 15 is 0 Å². The van der Waals surface area contributed by atoms with Crippen LogP contribution in [0.2, 0.25) is 0 Å². The van der Waals surface area contributed by atoms with Gasteiger partial charge in [-0.05, 0) is 51.0 Å². The van der Waals surface area contributed by atoms with Crippen molar-refractivity contribution >= 4 is 40.0 Å². The van der Waals surface area contributed by atoms with Crippen molar-refractivity contribution in [1.82, 2.24) is 0 Å². The van der Waals surface area contributed by atoms with E-state index in [1.807, 2.05) is 57.3 Å². The fraction of sp³-hybridized carbons (Fsp3) is 0.167. The molecule has 2 N–H and O–H groups in total. The van der Waals surface area contributed by atoms with Crippen LogP contribution in [-0.2, 0) is 0 Å². The Morgan fingerprint density at radius 2 is 1.74 bits per heavy atom. The standard InChI is InChI=1S/C24H23N3O3S/c1-15-7-8-17(3)20(12-15)25-24(31)22(26-11-5-6-16(2)14-26)23(28)19-10-9-18(4)21(13-19)27(29)30/h5-14H,1-4H3,(H-,25,28,31)/p+1. The van der Waals surface area contributed by atoms with E-state index in [-0.39, 0.29) is 11.4 Å². The van der Waals surface area contributed by atoms with Gasteiger partial charge in [0.1, 0.15) is 0 Å². The molecule has 3 rings (SSSR count). The van der Waals surface area contributed by atoms with E-state index in [1.165, 1.54) is 6.07 Å². The van der Waals surface area contributed by atoms with Crippen LogP contribution in [0.3, 0.4) is 0 Å². The van der Waals surface area contributed by atoms with Gasteiger partial charge in [-0.1, -0.05) is 36.5 Å². The lowest BCUT2D eigenvalue weighted by molar-refractivity contribution is -0.576.